The van der Waals surface area contributed by atoms with Crippen molar-refractivity contribution in [1.29, 1.82) is 0 Å². The van der Waals surface area contributed by atoms with Crippen molar-refractivity contribution in [3.8, 4) is 28.0 Å². The average Bonchev–Trinajstić information content (AvgIpc) is 2.71. The first kappa shape index (κ1) is 19.1. The average molecular weight is 365 g/mol. The summed E-state index contributed by atoms with van der Waals surface area (Å²) >= 11 is 0. The number of ether oxygens (including phenoxy) is 2. The molecule has 0 aliphatic carbocycles. The highest BCUT2D eigenvalue weighted by Crippen LogP contribution is 2.28. The Hall–Kier alpha value is -2.69. The van der Waals surface area contributed by atoms with Crippen LogP contribution in [-0.4, -0.2) is 33.4 Å². The number of hydrogen-bond donors (Lipinski definition) is 1. The van der Waals surface area contributed by atoms with Crippen LogP contribution in [0.4, 0.5) is 4.39 Å². The molecule has 0 radical (unpaired) electrons. The molecule has 0 aromatic heterocycles. The van der Waals surface area contributed by atoms with E-state index in [0.29, 0.717) is 18.8 Å². The van der Waals surface area contributed by atoms with Crippen molar-refractivity contribution in [2.75, 3.05) is 33.4 Å². The molecular formula is C23H24FNO2. The van der Waals surface area contributed by atoms with Crippen molar-refractivity contribution in [2.45, 2.75) is 0 Å². The minimum atomic E-state index is -0.221. The SMILES string of the molecule is COCCNCCOc1ccc(-c2ccc(-c3ccccc3)c(F)c2)cc1. The number of methoxy groups -OCH3 is 1. The molecule has 4 heteroatoms. The van der Waals surface area contributed by atoms with Crippen LogP contribution in [0.2, 0.25) is 0 Å². The second-order valence-corrected chi connectivity index (χ2v) is 6.18. The maximum absolute atomic E-state index is 14.6. The highest BCUT2D eigenvalue weighted by molar-refractivity contribution is 5.71. The smallest absolute Gasteiger partial charge is 0.131 e. The van der Waals surface area contributed by atoms with E-state index in [-0.39, 0.29) is 5.82 Å². The van der Waals surface area contributed by atoms with Crippen molar-refractivity contribution >= 4 is 0 Å². The maximum Gasteiger partial charge on any atom is 0.131 e. The zero-order chi connectivity index (χ0) is 18.9. The molecule has 0 atom stereocenters. The standard InChI is InChI=1S/C23H24FNO2/c1-26-15-13-25-14-16-27-21-10-7-18(8-11-21)20-9-12-22(23(24)17-20)19-5-3-2-4-6-19/h2-12,17,25H,13-16H2,1H3. The summed E-state index contributed by atoms with van der Waals surface area (Å²) in [5, 5.41) is 3.23. The third-order valence-corrected chi connectivity index (χ3v) is 4.27. The van der Waals surface area contributed by atoms with Crippen LogP contribution < -0.4 is 10.1 Å². The lowest BCUT2D eigenvalue weighted by Crippen LogP contribution is -2.24. The van der Waals surface area contributed by atoms with Crippen LogP contribution in [0.1, 0.15) is 0 Å². The summed E-state index contributed by atoms with van der Waals surface area (Å²) in [7, 11) is 1.68. The Morgan fingerprint density at radius 2 is 1.48 bits per heavy atom. The first-order chi connectivity index (χ1) is 13.3. The van der Waals surface area contributed by atoms with E-state index in [2.05, 4.69) is 5.32 Å². The third kappa shape index (κ3) is 5.39. The van der Waals surface area contributed by atoms with E-state index in [1.807, 2.05) is 66.7 Å². The van der Waals surface area contributed by atoms with E-state index in [0.717, 1.165) is 35.5 Å². The van der Waals surface area contributed by atoms with Crippen LogP contribution >= 0.6 is 0 Å². The molecule has 0 spiro atoms. The molecule has 3 nitrogen and oxygen atoms in total. The topological polar surface area (TPSA) is 30.5 Å². The highest BCUT2D eigenvalue weighted by atomic mass is 19.1. The van der Waals surface area contributed by atoms with Crippen molar-refractivity contribution in [3.05, 3.63) is 78.6 Å². The van der Waals surface area contributed by atoms with Gasteiger partial charge in [-0.15, -0.1) is 0 Å². The molecule has 0 aliphatic heterocycles. The van der Waals surface area contributed by atoms with Gasteiger partial charge < -0.3 is 14.8 Å². The molecular weight excluding hydrogens is 341 g/mol. The van der Waals surface area contributed by atoms with E-state index in [1.54, 1.807) is 13.2 Å². The predicted octanol–water partition coefficient (Wildman–Crippen LogP) is 4.77. The number of benzene rings is 3. The summed E-state index contributed by atoms with van der Waals surface area (Å²) in [4.78, 5) is 0. The number of halogens is 1. The quantitative estimate of drug-likeness (QED) is 0.554. The highest BCUT2D eigenvalue weighted by Gasteiger charge is 2.07. The minimum absolute atomic E-state index is 0.221. The fraction of sp³-hybridized carbons (Fsp3) is 0.217. The summed E-state index contributed by atoms with van der Waals surface area (Å²) in [5.41, 5.74) is 3.30. The Bertz CT molecular complexity index is 835. The van der Waals surface area contributed by atoms with Crippen molar-refractivity contribution in [2.24, 2.45) is 0 Å². The number of nitrogens with one attached hydrogen (secondary N) is 1. The van der Waals surface area contributed by atoms with Gasteiger partial charge in [0, 0.05) is 25.8 Å². The molecule has 0 heterocycles. The first-order valence-corrected chi connectivity index (χ1v) is 9.06. The van der Waals surface area contributed by atoms with Crippen LogP contribution in [0.3, 0.4) is 0 Å². The Morgan fingerprint density at radius 3 is 2.19 bits per heavy atom. The van der Waals surface area contributed by atoms with E-state index in [4.69, 9.17) is 9.47 Å². The zero-order valence-electron chi connectivity index (χ0n) is 15.5. The zero-order valence-corrected chi connectivity index (χ0v) is 15.5. The second-order valence-electron chi connectivity index (χ2n) is 6.18. The Balaban J connectivity index is 1.61. The van der Waals surface area contributed by atoms with Gasteiger partial charge in [-0.1, -0.05) is 54.6 Å². The van der Waals surface area contributed by atoms with Crippen LogP contribution in [0.15, 0.2) is 72.8 Å². The molecule has 0 saturated carbocycles. The van der Waals surface area contributed by atoms with Gasteiger partial charge in [0.2, 0.25) is 0 Å². The normalized spacial score (nSPS) is 10.7. The van der Waals surface area contributed by atoms with Gasteiger partial charge in [0.1, 0.15) is 18.2 Å². The molecule has 3 aromatic rings. The van der Waals surface area contributed by atoms with Crippen LogP contribution in [0.5, 0.6) is 5.75 Å². The molecule has 0 unspecified atom stereocenters. The van der Waals surface area contributed by atoms with Gasteiger partial charge in [0.15, 0.2) is 0 Å². The lowest BCUT2D eigenvalue weighted by Gasteiger charge is -2.09. The minimum Gasteiger partial charge on any atom is -0.492 e. The molecule has 0 fully saturated rings. The van der Waals surface area contributed by atoms with Gasteiger partial charge in [-0.3, -0.25) is 0 Å². The lowest BCUT2D eigenvalue weighted by atomic mass is 9.99. The van der Waals surface area contributed by atoms with E-state index in [1.165, 1.54) is 0 Å². The molecule has 3 aromatic carbocycles. The molecule has 1 N–H and O–H groups in total. The molecule has 27 heavy (non-hydrogen) atoms. The van der Waals surface area contributed by atoms with Crippen molar-refractivity contribution in [3.63, 3.8) is 0 Å². The molecule has 3 rings (SSSR count). The molecule has 140 valence electrons. The summed E-state index contributed by atoms with van der Waals surface area (Å²) in [6.45, 7) is 2.85. The van der Waals surface area contributed by atoms with E-state index >= 15 is 0 Å². The second kappa shape index (κ2) is 9.86. The summed E-state index contributed by atoms with van der Waals surface area (Å²) in [5.74, 6) is 0.579. The van der Waals surface area contributed by atoms with Gasteiger partial charge in [0.05, 0.1) is 6.61 Å². The maximum atomic E-state index is 14.6. The van der Waals surface area contributed by atoms with Crippen molar-refractivity contribution in [1.82, 2.24) is 5.32 Å². The van der Waals surface area contributed by atoms with E-state index < -0.39 is 0 Å². The van der Waals surface area contributed by atoms with Gasteiger partial charge in [0.25, 0.3) is 0 Å². The van der Waals surface area contributed by atoms with Gasteiger partial charge >= 0.3 is 0 Å². The predicted molar refractivity (Wildman–Crippen MR) is 108 cm³/mol. The Morgan fingerprint density at radius 1 is 0.778 bits per heavy atom. The van der Waals surface area contributed by atoms with Crippen molar-refractivity contribution < 1.29 is 13.9 Å². The lowest BCUT2D eigenvalue weighted by molar-refractivity contribution is 0.197. The van der Waals surface area contributed by atoms with Crippen LogP contribution in [0.25, 0.3) is 22.3 Å². The van der Waals surface area contributed by atoms with Gasteiger partial charge in [-0.2, -0.15) is 0 Å². The molecule has 0 bridgehead atoms. The van der Waals surface area contributed by atoms with Gasteiger partial charge in [-0.25, -0.2) is 4.39 Å². The fourth-order valence-electron chi connectivity index (χ4n) is 2.83. The first-order valence-electron chi connectivity index (χ1n) is 9.06. The summed E-state index contributed by atoms with van der Waals surface area (Å²) < 4.78 is 25.2. The third-order valence-electron chi connectivity index (χ3n) is 4.27. The monoisotopic (exact) mass is 365 g/mol. The molecule has 0 amide bonds. The molecule has 0 saturated heterocycles. The fourth-order valence-corrected chi connectivity index (χ4v) is 2.83. The summed E-state index contributed by atoms with van der Waals surface area (Å²) in [6.07, 6.45) is 0. The van der Waals surface area contributed by atoms with Crippen LogP contribution in [0, 0.1) is 5.82 Å². The number of rotatable bonds is 9. The van der Waals surface area contributed by atoms with E-state index in [9.17, 15) is 4.39 Å². The Kier molecular flexibility index (Phi) is 6.97. The summed E-state index contributed by atoms with van der Waals surface area (Å²) in [6, 6.07) is 22.6. The molecule has 0 aliphatic rings. The Labute approximate surface area is 159 Å². The van der Waals surface area contributed by atoms with Gasteiger partial charge in [-0.05, 0) is 34.9 Å². The largest absolute Gasteiger partial charge is 0.492 e. The van der Waals surface area contributed by atoms with Crippen LogP contribution in [-0.2, 0) is 4.74 Å². The number of hydrogen-bond acceptors (Lipinski definition) is 3.